The van der Waals surface area contributed by atoms with Crippen LogP contribution in [0.15, 0.2) is 53.1 Å². The number of nitrogen functional groups attached to an aromatic ring is 1. The van der Waals surface area contributed by atoms with Gasteiger partial charge in [-0.25, -0.2) is 4.39 Å². The van der Waals surface area contributed by atoms with Crippen molar-refractivity contribution in [1.29, 1.82) is 0 Å². The fraction of sp³-hybridized carbons (Fsp3) is 0.0667. The molecule has 0 saturated carbocycles. The maximum Gasteiger partial charge on any atom is 0.146 e. The van der Waals surface area contributed by atoms with Gasteiger partial charge in [0.15, 0.2) is 0 Å². The van der Waals surface area contributed by atoms with Crippen molar-refractivity contribution >= 4 is 32.5 Å². The quantitative estimate of drug-likeness (QED) is 0.706. The summed E-state index contributed by atoms with van der Waals surface area (Å²) in [4.78, 5) is 0. The summed E-state index contributed by atoms with van der Waals surface area (Å²) in [6.45, 7) is 0.627. The molecular weight excluding hydrogens is 307 g/mol. The van der Waals surface area contributed by atoms with Crippen molar-refractivity contribution in [2.45, 2.75) is 6.54 Å². The third-order valence-corrected chi connectivity index (χ3v) is 3.64. The summed E-state index contributed by atoms with van der Waals surface area (Å²) < 4.78 is 16.6. The highest BCUT2D eigenvalue weighted by molar-refractivity contribution is 9.10. The minimum atomic E-state index is -0.364. The van der Waals surface area contributed by atoms with Crippen LogP contribution in [0.2, 0.25) is 0 Å². The highest BCUT2D eigenvalue weighted by Crippen LogP contribution is 2.22. The van der Waals surface area contributed by atoms with Gasteiger partial charge in [-0.2, -0.15) is 0 Å². The van der Waals surface area contributed by atoms with E-state index in [0.29, 0.717) is 6.54 Å². The number of benzene rings is 2. The number of hydrogen-bond acceptors (Lipinski definition) is 1. The Labute approximate surface area is 118 Å². The number of rotatable bonds is 2. The van der Waals surface area contributed by atoms with E-state index >= 15 is 0 Å². The van der Waals surface area contributed by atoms with Crippen LogP contribution >= 0.6 is 15.9 Å². The van der Waals surface area contributed by atoms with Gasteiger partial charge in [0.2, 0.25) is 0 Å². The zero-order valence-corrected chi connectivity index (χ0v) is 11.7. The minimum Gasteiger partial charge on any atom is -0.396 e. The summed E-state index contributed by atoms with van der Waals surface area (Å²) >= 11 is 3.45. The Balaban J connectivity index is 1.98. The van der Waals surface area contributed by atoms with Gasteiger partial charge in [0.05, 0.1) is 5.69 Å². The van der Waals surface area contributed by atoms with Gasteiger partial charge in [0.25, 0.3) is 0 Å². The average Bonchev–Trinajstić information content (AvgIpc) is 2.76. The number of nitrogens with two attached hydrogens (primary N) is 1. The van der Waals surface area contributed by atoms with Gasteiger partial charge in [-0.05, 0) is 42.0 Å². The Morgan fingerprint density at radius 2 is 1.95 bits per heavy atom. The molecule has 0 aliphatic heterocycles. The Bertz CT molecular complexity index is 749. The topological polar surface area (TPSA) is 30.9 Å². The van der Waals surface area contributed by atoms with Crippen molar-refractivity contribution in [3.63, 3.8) is 0 Å². The molecule has 96 valence electrons. The minimum absolute atomic E-state index is 0.185. The van der Waals surface area contributed by atoms with Gasteiger partial charge in [-0.1, -0.05) is 22.0 Å². The van der Waals surface area contributed by atoms with E-state index < -0.39 is 0 Å². The maximum absolute atomic E-state index is 13.4. The normalized spacial score (nSPS) is 11.1. The lowest BCUT2D eigenvalue weighted by atomic mass is 10.2. The van der Waals surface area contributed by atoms with Gasteiger partial charge in [-0.15, -0.1) is 0 Å². The highest BCUT2D eigenvalue weighted by atomic mass is 79.9. The molecule has 3 rings (SSSR count). The van der Waals surface area contributed by atoms with Gasteiger partial charge in [-0.3, -0.25) is 0 Å². The molecule has 0 fully saturated rings. The Kier molecular flexibility index (Phi) is 3.03. The van der Waals surface area contributed by atoms with Crippen LogP contribution in [0.25, 0.3) is 10.9 Å². The summed E-state index contributed by atoms with van der Waals surface area (Å²) in [7, 11) is 0. The summed E-state index contributed by atoms with van der Waals surface area (Å²) in [5, 5.41) is 1.16. The van der Waals surface area contributed by atoms with Crippen LogP contribution in [-0.4, -0.2) is 4.57 Å². The molecular formula is C15H12BrFN2. The van der Waals surface area contributed by atoms with Gasteiger partial charge in [0.1, 0.15) is 5.82 Å². The zero-order chi connectivity index (χ0) is 13.4. The lowest BCUT2D eigenvalue weighted by Crippen LogP contribution is -1.99. The van der Waals surface area contributed by atoms with Gasteiger partial charge >= 0.3 is 0 Å². The van der Waals surface area contributed by atoms with E-state index in [9.17, 15) is 4.39 Å². The van der Waals surface area contributed by atoms with Crippen molar-refractivity contribution in [1.82, 2.24) is 4.57 Å². The lowest BCUT2D eigenvalue weighted by molar-refractivity contribution is 0.628. The van der Waals surface area contributed by atoms with Crippen molar-refractivity contribution in [2.75, 3.05) is 5.73 Å². The second-order valence-electron chi connectivity index (χ2n) is 4.50. The Morgan fingerprint density at radius 3 is 2.74 bits per heavy atom. The van der Waals surface area contributed by atoms with Gasteiger partial charge in [0, 0.05) is 28.1 Å². The summed E-state index contributed by atoms with van der Waals surface area (Å²) in [6.07, 6.45) is 2.01. The van der Waals surface area contributed by atoms with Crippen LogP contribution in [0.1, 0.15) is 5.56 Å². The third kappa shape index (κ3) is 2.36. The number of halogens is 2. The molecule has 2 nitrogen and oxygen atoms in total. The smallest absolute Gasteiger partial charge is 0.146 e. The van der Waals surface area contributed by atoms with Crippen molar-refractivity contribution in [3.05, 3.63) is 64.5 Å². The summed E-state index contributed by atoms with van der Waals surface area (Å²) in [5.74, 6) is -0.364. The average molecular weight is 319 g/mol. The molecule has 0 saturated heterocycles. The Hall–Kier alpha value is -1.81. The highest BCUT2D eigenvalue weighted by Gasteiger charge is 2.04. The largest absolute Gasteiger partial charge is 0.396 e. The number of hydrogen-bond donors (Lipinski definition) is 1. The van der Waals surface area contributed by atoms with Crippen LogP contribution in [0.3, 0.4) is 0 Å². The molecule has 0 amide bonds. The molecule has 0 unspecified atom stereocenters. The summed E-state index contributed by atoms with van der Waals surface area (Å²) in [6, 6.07) is 13.1. The van der Waals surface area contributed by atoms with Crippen LogP contribution < -0.4 is 5.73 Å². The first-order valence-electron chi connectivity index (χ1n) is 5.92. The van der Waals surface area contributed by atoms with E-state index in [0.717, 1.165) is 20.9 Å². The first-order chi connectivity index (χ1) is 9.13. The molecule has 0 aliphatic rings. The molecule has 0 spiro atoms. The molecule has 0 atom stereocenters. The van der Waals surface area contributed by atoms with Crippen LogP contribution in [0.5, 0.6) is 0 Å². The van der Waals surface area contributed by atoms with Crippen LogP contribution in [0.4, 0.5) is 10.1 Å². The SMILES string of the molecule is Nc1ccc(Cn2ccc3cc(Br)ccc32)cc1F. The van der Waals surface area contributed by atoms with Crippen molar-refractivity contribution in [3.8, 4) is 0 Å². The predicted molar refractivity (Wildman–Crippen MR) is 79.6 cm³/mol. The molecule has 0 radical (unpaired) electrons. The molecule has 2 N–H and O–H groups in total. The fourth-order valence-electron chi connectivity index (χ4n) is 2.17. The number of anilines is 1. The Morgan fingerprint density at radius 1 is 1.11 bits per heavy atom. The molecule has 0 bridgehead atoms. The summed E-state index contributed by atoms with van der Waals surface area (Å²) in [5.41, 5.74) is 7.69. The molecule has 3 aromatic rings. The molecule has 2 aromatic carbocycles. The zero-order valence-electron chi connectivity index (χ0n) is 10.1. The standard InChI is InChI=1S/C15H12BrFN2/c16-12-2-4-15-11(8-12)5-6-19(15)9-10-1-3-14(18)13(17)7-10/h1-8H,9,18H2. The molecule has 1 aromatic heterocycles. The third-order valence-electron chi connectivity index (χ3n) is 3.15. The first kappa shape index (κ1) is 12.2. The van der Waals surface area contributed by atoms with E-state index in [4.69, 9.17) is 5.73 Å². The van der Waals surface area contributed by atoms with Crippen LogP contribution in [0, 0.1) is 5.82 Å². The molecule has 0 aliphatic carbocycles. The second kappa shape index (κ2) is 4.70. The first-order valence-corrected chi connectivity index (χ1v) is 6.71. The number of nitrogens with zero attached hydrogens (tertiary/aromatic N) is 1. The van der Waals surface area contributed by atoms with Crippen molar-refractivity contribution < 1.29 is 4.39 Å². The molecule has 19 heavy (non-hydrogen) atoms. The number of fused-ring (bicyclic) bond motifs is 1. The van der Waals surface area contributed by atoms with E-state index in [1.165, 1.54) is 6.07 Å². The van der Waals surface area contributed by atoms with Crippen LogP contribution in [-0.2, 0) is 6.54 Å². The fourth-order valence-corrected chi connectivity index (χ4v) is 2.55. The van der Waals surface area contributed by atoms with E-state index in [2.05, 4.69) is 26.6 Å². The number of aromatic nitrogens is 1. The lowest BCUT2D eigenvalue weighted by Gasteiger charge is -2.07. The predicted octanol–water partition coefficient (Wildman–Crippen LogP) is 4.17. The van der Waals surface area contributed by atoms with Gasteiger partial charge < -0.3 is 10.3 Å². The molecule has 1 heterocycles. The monoisotopic (exact) mass is 318 g/mol. The van der Waals surface area contributed by atoms with Crippen molar-refractivity contribution in [2.24, 2.45) is 0 Å². The van der Waals surface area contributed by atoms with E-state index in [1.807, 2.05) is 30.5 Å². The molecule has 4 heteroatoms. The van der Waals surface area contributed by atoms with E-state index in [1.54, 1.807) is 6.07 Å². The second-order valence-corrected chi connectivity index (χ2v) is 5.42. The maximum atomic E-state index is 13.4. The van der Waals surface area contributed by atoms with E-state index in [-0.39, 0.29) is 11.5 Å².